The van der Waals surface area contributed by atoms with Crippen LogP contribution in [0.1, 0.15) is 27.7 Å². The van der Waals surface area contributed by atoms with Crippen LogP contribution in [0.15, 0.2) is 0 Å². The lowest BCUT2D eigenvalue weighted by Crippen LogP contribution is -2.60. The van der Waals surface area contributed by atoms with Crippen LogP contribution in [0.2, 0.25) is 0 Å². The molecule has 120 valence electrons. The van der Waals surface area contributed by atoms with E-state index < -0.39 is 14.5 Å². The van der Waals surface area contributed by atoms with Crippen molar-refractivity contribution in [3.8, 4) is 0 Å². The smallest absolute Gasteiger partial charge is 0.390 e. The molecule has 0 spiro atoms. The summed E-state index contributed by atoms with van der Waals surface area (Å²) in [6, 6.07) is 0. The highest BCUT2D eigenvalue weighted by molar-refractivity contribution is 6.68. The maximum atomic E-state index is 5.94. The third kappa shape index (κ3) is 5.77. The maximum Gasteiger partial charge on any atom is 0.422 e. The van der Waals surface area contributed by atoms with Gasteiger partial charge in [0.2, 0.25) is 5.91 Å². The zero-order valence-corrected chi connectivity index (χ0v) is 14.1. The lowest BCUT2D eigenvalue weighted by molar-refractivity contribution is -0.119. The van der Waals surface area contributed by atoms with E-state index in [1.807, 2.05) is 27.7 Å². The zero-order chi connectivity index (χ0) is 14.8. The predicted octanol–water partition coefficient (Wildman–Crippen LogP) is 1.39. The molecule has 0 aliphatic carbocycles. The molecule has 0 bridgehead atoms. The largest absolute Gasteiger partial charge is 0.422 e. The first-order chi connectivity index (χ1) is 9.72. The Morgan fingerprint density at radius 2 is 1.55 bits per heavy atom. The SMILES string of the molecule is CCOC(OCC)[Si](COCC1CO1)(OCC)OCC. The van der Waals surface area contributed by atoms with Gasteiger partial charge in [0.25, 0.3) is 0 Å². The fraction of sp³-hybridized carbons (Fsp3) is 1.00. The van der Waals surface area contributed by atoms with E-state index in [9.17, 15) is 0 Å². The van der Waals surface area contributed by atoms with Crippen LogP contribution in [0.5, 0.6) is 0 Å². The molecule has 0 saturated carbocycles. The van der Waals surface area contributed by atoms with Gasteiger partial charge < -0.3 is 27.8 Å². The van der Waals surface area contributed by atoms with Crippen molar-refractivity contribution in [2.75, 3.05) is 45.9 Å². The van der Waals surface area contributed by atoms with Crippen molar-refractivity contribution >= 4 is 8.56 Å². The Hall–Kier alpha value is -0.0231. The predicted molar refractivity (Wildman–Crippen MR) is 76.6 cm³/mol. The van der Waals surface area contributed by atoms with Crippen molar-refractivity contribution in [1.29, 1.82) is 0 Å². The van der Waals surface area contributed by atoms with Crippen LogP contribution in [0, 0.1) is 0 Å². The Labute approximate surface area is 122 Å². The minimum Gasteiger partial charge on any atom is -0.390 e. The average Bonchev–Trinajstić information content (AvgIpc) is 3.23. The molecule has 7 heteroatoms. The average molecular weight is 308 g/mol. The Bertz CT molecular complexity index is 237. The maximum absolute atomic E-state index is 5.94. The van der Waals surface area contributed by atoms with Crippen molar-refractivity contribution in [1.82, 2.24) is 0 Å². The molecule has 1 heterocycles. The van der Waals surface area contributed by atoms with Gasteiger partial charge in [-0.2, -0.15) is 0 Å². The van der Waals surface area contributed by atoms with E-state index in [0.29, 0.717) is 39.3 Å². The monoisotopic (exact) mass is 308 g/mol. The van der Waals surface area contributed by atoms with E-state index in [2.05, 4.69) is 0 Å². The van der Waals surface area contributed by atoms with Crippen LogP contribution >= 0.6 is 0 Å². The Kier molecular flexibility index (Phi) is 8.86. The summed E-state index contributed by atoms with van der Waals surface area (Å²) >= 11 is 0. The first-order valence-electron chi connectivity index (χ1n) is 7.42. The molecule has 0 radical (unpaired) electrons. The van der Waals surface area contributed by atoms with Gasteiger partial charge in [-0.15, -0.1) is 0 Å². The molecule has 1 aliphatic rings. The van der Waals surface area contributed by atoms with Gasteiger partial charge in [-0.3, -0.25) is 0 Å². The van der Waals surface area contributed by atoms with E-state index in [1.54, 1.807) is 0 Å². The highest BCUT2D eigenvalue weighted by atomic mass is 28.4. The van der Waals surface area contributed by atoms with Crippen molar-refractivity contribution in [2.24, 2.45) is 0 Å². The molecular formula is C13H28O6Si. The van der Waals surface area contributed by atoms with Crippen LogP contribution in [0.4, 0.5) is 0 Å². The summed E-state index contributed by atoms with van der Waals surface area (Å²) in [5, 5.41) is 0. The fourth-order valence-corrected chi connectivity index (χ4v) is 4.80. The lowest BCUT2D eigenvalue weighted by Gasteiger charge is -2.35. The Morgan fingerprint density at radius 3 is 1.95 bits per heavy atom. The summed E-state index contributed by atoms with van der Waals surface area (Å²) in [7, 11) is -2.73. The Morgan fingerprint density at radius 1 is 1.00 bits per heavy atom. The van der Waals surface area contributed by atoms with E-state index in [-0.39, 0.29) is 6.10 Å². The van der Waals surface area contributed by atoms with Gasteiger partial charge in [0.15, 0.2) is 0 Å². The molecular weight excluding hydrogens is 280 g/mol. The number of rotatable bonds is 13. The highest BCUT2D eigenvalue weighted by Gasteiger charge is 2.49. The Balaban J connectivity index is 2.68. The second kappa shape index (κ2) is 9.83. The molecule has 1 rings (SSSR count). The molecule has 0 amide bonds. The normalized spacial score (nSPS) is 18.8. The van der Waals surface area contributed by atoms with Gasteiger partial charge in [-0.25, -0.2) is 0 Å². The van der Waals surface area contributed by atoms with Crippen molar-refractivity contribution in [2.45, 2.75) is 39.7 Å². The second-order valence-electron chi connectivity index (χ2n) is 4.39. The molecule has 0 aromatic heterocycles. The molecule has 1 fully saturated rings. The van der Waals surface area contributed by atoms with Crippen molar-refractivity contribution in [3.05, 3.63) is 0 Å². The third-order valence-electron chi connectivity index (χ3n) is 2.78. The van der Waals surface area contributed by atoms with Crippen LogP contribution in [0.25, 0.3) is 0 Å². The van der Waals surface area contributed by atoms with Gasteiger partial charge in [0, 0.05) is 26.4 Å². The first-order valence-corrected chi connectivity index (χ1v) is 9.52. The summed E-state index contributed by atoms with van der Waals surface area (Å²) in [4.78, 5) is 0. The molecule has 1 saturated heterocycles. The standard InChI is InChI=1S/C13H28O6Si/c1-5-15-13(16-6-2)20(18-7-3,19-8-4)11-14-9-12-10-17-12/h12-13H,5-11H2,1-4H3. The van der Waals surface area contributed by atoms with Crippen LogP contribution < -0.4 is 0 Å². The summed E-state index contributed by atoms with van der Waals surface area (Å²) in [5.74, 6) is -0.475. The summed E-state index contributed by atoms with van der Waals surface area (Å²) in [6.45, 7) is 11.3. The molecule has 6 nitrogen and oxygen atoms in total. The van der Waals surface area contributed by atoms with Gasteiger partial charge in [0.1, 0.15) is 6.10 Å². The molecule has 0 aromatic carbocycles. The minimum atomic E-state index is -2.73. The number of hydrogen-bond donors (Lipinski definition) is 0. The van der Waals surface area contributed by atoms with E-state index in [4.69, 9.17) is 27.8 Å². The molecule has 0 N–H and O–H groups in total. The van der Waals surface area contributed by atoms with Gasteiger partial charge in [0.05, 0.1) is 19.4 Å². The summed E-state index contributed by atoms with van der Waals surface area (Å²) < 4.78 is 34.2. The first kappa shape index (κ1) is 18.0. The molecule has 20 heavy (non-hydrogen) atoms. The van der Waals surface area contributed by atoms with E-state index >= 15 is 0 Å². The van der Waals surface area contributed by atoms with Gasteiger partial charge in [-0.1, -0.05) is 0 Å². The molecule has 0 aromatic rings. The lowest BCUT2D eigenvalue weighted by atomic mass is 10.5. The fourth-order valence-electron chi connectivity index (χ4n) is 1.92. The minimum absolute atomic E-state index is 0.225. The van der Waals surface area contributed by atoms with Crippen molar-refractivity contribution in [3.63, 3.8) is 0 Å². The van der Waals surface area contributed by atoms with E-state index in [0.717, 1.165) is 6.61 Å². The summed E-state index contributed by atoms with van der Waals surface area (Å²) in [6.07, 6.45) is 0.613. The zero-order valence-electron chi connectivity index (χ0n) is 13.1. The molecule has 1 atom stereocenters. The van der Waals surface area contributed by atoms with Gasteiger partial charge >= 0.3 is 8.56 Å². The quantitative estimate of drug-likeness (QED) is 0.291. The highest BCUT2D eigenvalue weighted by Crippen LogP contribution is 2.20. The third-order valence-corrected chi connectivity index (χ3v) is 5.99. The second-order valence-corrected chi connectivity index (χ2v) is 7.35. The number of hydrogen-bond acceptors (Lipinski definition) is 6. The molecule has 1 aliphatic heterocycles. The van der Waals surface area contributed by atoms with Crippen LogP contribution in [-0.4, -0.2) is 66.4 Å². The van der Waals surface area contributed by atoms with Crippen LogP contribution in [-0.2, 0) is 27.8 Å². The van der Waals surface area contributed by atoms with Crippen molar-refractivity contribution < 1.29 is 27.8 Å². The van der Waals surface area contributed by atoms with Gasteiger partial charge in [-0.05, 0) is 27.7 Å². The molecule has 1 unspecified atom stereocenters. The topological polar surface area (TPSA) is 58.7 Å². The summed E-state index contributed by atoms with van der Waals surface area (Å²) in [5.41, 5.74) is 0. The number of epoxide rings is 1. The van der Waals surface area contributed by atoms with Crippen LogP contribution in [0.3, 0.4) is 0 Å². The number of ether oxygens (including phenoxy) is 4. The van der Waals surface area contributed by atoms with E-state index in [1.165, 1.54) is 0 Å².